The summed E-state index contributed by atoms with van der Waals surface area (Å²) in [5.74, 6) is -2.44. The summed E-state index contributed by atoms with van der Waals surface area (Å²) in [6.07, 6.45) is 2.74. The lowest BCUT2D eigenvalue weighted by atomic mass is 9.97. The highest BCUT2D eigenvalue weighted by molar-refractivity contribution is 5.81. The van der Waals surface area contributed by atoms with Crippen LogP contribution in [0.25, 0.3) is 0 Å². The Morgan fingerprint density at radius 2 is 1.80 bits per heavy atom. The van der Waals surface area contributed by atoms with Crippen LogP contribution in [-0.2, 0) is 4.79 Å². The standard InChI is InChI=1S/C11H17F2NO/c1-7(11(2,12)13)14-8-3-4-9(14)6-10(15)5-8/h7-9H,3-6H2,1-2H3. The number of hydrogen-bond acceptors (Lipinski definition) is 2. The molecule has 0 aromatic rings. The maximum atomic E-state index is 13.2. The van der Waals surface area contributed by atoms with E-state index in [1.54, 1.807) is 6.92 Å². The fourth-order valence-corrected chi connectivity index (χ4v) is 2.90. The van der Waals surface area contributed by atoms with Crippen LogP contribution in [0.3, 0.4) is 0 Å². The van der Waals surface area contributed by atoms with E-state index in [-0.39, 0.29) is 17.9 Å². The largest absolute Gasteiger partial charge is 0.300 e. The molecular formula is C11H17F2NO. The minimum Gasteiger partial charge on any atom is -0.300 e. The minimum atomic E-state index is -2.68. The molecule has 2 saturated heterocycles. The van der Waals surface area contributed by atoms with Gasteiger partial charge in [-0.1, -0.05) is 0 Å². The normalized spacial score (nSPS) is 34.5. The summed E-state index contributed by atoms with van der Waals surface area (Å²) in [6, 6.07) is -0.614. The molecule has 86 valence electrons. The van der Waals surface area contributed by atoms with Crippen LogP contribution >= 0.6 is 0 Å². The number of Topliss-reactive ketones (excluding diaryl/α,β-unsaturated/α-hetero) is 1. The lowest BCUT2D eigenvalue weighted by Crippen LogP contribution is -2.53. The van der Waals surface area contributed by atoms with Gasteiger partial charge in [-0.3, -0.25) is 9.69 Å². The highest BCUT2D eigenvalue weighted by Crippen LogP contribution is 2.38. The molecule has 4 heteroatoms. The molecule has 2 rings (SSSR count). The van der Waals surface area contributed by atoms with Crippen molar-refractivity contribution < 1.29 is 13.6 Å². The zero-order chi connectivity index (χ0) is 11.2. The van der Waals surface area contributed by atoms with Crippen molar-refractivity contribution in [3.05, 3.63) is 0 Å². The molecule has 0 aromatic carbocycles. The van der Waals surface area contributed by atoms with Crippen LogP contribution in [0, 0.1) is 0 Å². The third-order valence-corrected chi connectivity index (χ3v) is 3.78. The van der Waals surface area contributed by atoms with Gasteiger partial charge in [-0.25, -0.2) is 8.78 Å². The van der Waals surface area contributed by atoms with Crippen molar-refractivity contribution in [2.75, 3.05) is 0 Å². The number of nitrogens with zero attached hydrogens (tertiary/aromatic N) is 1. The van der Waals surface area contributed by atoms with Crippen LogP contribution in [0.4, 0.5) is 8.78 Å². The van der Waals surface area contributed by atoms with E-state index in [0.717, 1.165) is 19.8 Å². The second-order valence-corrected chi connectivity index (χ2v) is 4.91. The summed E-state index contributed by atoms with van der Waals surface area (Å²) in [7, 11) is 0. The predicted octanol–water partition coefficient (Wildman–Crippen LogP) is 2.23. The summed E-state index contributed by atoms with van der Waals surface area (Å²) in [6.45, 7) is 2.54. The van der Waals surface area contributed by atoms with Gasteiger partial charge < -0.3 is 0 Å². The number of rotatable bonds is 2. The van der Waals surface area contributed by atoms with E-state index < -0.39 is 12.0 Å². The number of carbonyl (C=O) groups is 1. The Hall–Kier alpha value is -0.510. The van der Waals surface area contributed by atoms with E-state index in [4.69, 9.17) is 0 Å². The van der Waals surface area contributed by atoms with Crippen molar-refractivity contribution in [3.8, 4) is 0 Å². The van der Waals surface area contributed by atoms with E-state index in [1.807, 2.05) is 4.90 Å². The van der Waals surface area contributed by atoms with E-state index in [2.05, 4.69) is 0 Å². The number of hydrogen-bond donors (Lipinski definition) is 0. The summed E-state index contributed by atoms with van der Waals surface area (Å²) >= 11 is 0. The van der Waals surface area contributed by atoms with Crippen LogP contribution in [0.5, 0.6) is 0 Å². The monoisotopic (exact) mass is 217 g/mol. The fourth-order valence-electron chi connectivity index (χ4n) is 2.90. The van der Waals surface area contributed by atoms with E-state index in [9.17, 15) is 13.6 Å². The lowest BCUT2D eigenvalue weighted by molar-refractivity contribution is -0.129. The number of ketones is 1. The van der Waals surface area contributed by atoms with Crippen molar-refractivity contribution >= 4 is 5.78 Å². The van der Waals surface area contributed by atoms with Crippen molar-refractivity contribution in [2.45, 2.75) is 63.6 Å². The third-order valence-electron chi connectivity index (χ3n) is 3.78. The molecule has 2 fully saturated rings. The van der Waals surface area contributed by atoms with Gasteiger partial charge in [-0.15, -0.1) is 0 Å². The highest BCUT2D eigenvalue weighted by atomic mass is 19.3. The topological polar surface area (TPSA) is 20.3 Å². The average Bonchev–Trinajstić information content (AvgIpc) is 2.35. The molecule has 3 atom stereocenters. The van der Waals surface area contributed by atoms with Crippen LogP contribution in [0.15, 0.2) is 0 Å². The zero-order valence-corrected chi connectivity index (χ0v) is 9.17. The van der Waals surface area contributed by atoms with Gasteiger partial charge in [0.2, 0.25) is 0 Å². The quantitative estimate of drug-likeness (QED) is 0.707. The number of alkyl halides is 2. The van der Waals surface area contributed by atoms with Crippen molar-refractivity contribution in [1.82, 2.24) is 4.90 Å². The van der Waals surface area contributed by atoms with Gasteiger partial charge in [-0.05, 0) is 19.8 Å². The molecule has 0 aromatic heterocycles. The number of piperidine rings is 1. The maximum absolute atomic E-state index is 13.2. The first-order chi connectivity index (χ1) is 6.89. The summed E-state index contributed by atoms with van der Waals surface area (Å²) in [4.78, 5) is 13.2. The van der Waals surface area contributed by atoms with Gasteiger partial charge >= 0.3 is 0 Å². The molecule has 0 N–H and O–H groups in total. The summed E-state index contributed by atoms with van der Waals surface area (Å²) in [5, 5.41) is 0. The molecule has 2 bridgehead atoms. The number of fused-ring (bicyclic) bond motifs is 2. The van der Waals surface area contributed by atoms with Crippen molar-refractivity contribution in [3.63, 3.8) is 0 Å². The van der Waals surface area contributed by atoms with Gasteiger partial charge in [0.05, 0.1) is 6.04 Å². The molecule has 3 unspecified atom stereocenters. The summed E-state index contributed by atoms with van der Waals surface area (Å²) < 4.78 is 26.5. The Bertz CT molecular complexity index is 258. The molecule has 2 aliphatic rings. The molecule has 15 heavy (non-hydrogen) atoms. The molecule has 0 saturated carbocycles. The van der Waals surface area contributed by atoms with Gasteiger partial charge in [0.15, 0.2) is 0 Å². The Morgan fingerprint density at radius 3 is 2.20 bits per heavy atom. The van der Waals surface area contributed by atoms with Crippen LogP contribution < -0.4 is 0 Å². The average molecular weight is 217 g/mol. The van der Waals surface area contributed by atoms with Gasteiger partial charge in [0.1, 0.15) is 5.78 Å². The van der Waals surface area contributed by atoms with E-state index in [0.29, 0.717) is 12.8 Å². The molecule has 0 radical (unpaired) electrons. The predicted molar refractivity (Wildman–Crippen MR) is 53.0 cm³/mol. The molecule has 0 aliphatic carbocycles. The maximum Gasteiger partial charge on any atom is 0.260 e. The first-order valence-electron chi connectivity index (χ1n) is 5.56. The van der Waals surface area contributed by atoms with Crippen LogP contribution in [0.2, 0.25) is 0 Å². The Balaban J connectivity index is 2.14. The first-order valence-corrected chi connectivity index (χ1v) is 5.56. The first kappa shape index (κ1) is 11.0. The number of carbonyl (C=O) groups excluding carboxylic acids is 1. The zero-order valence-electron chi connectivity index (χ0n) is 9.17. The second-order valence-electron chi connectivity index (χ2n) is 4.91. The smallest absolute Gasteiger partial charge is 0.260 e. The number of halogens is 2. The lowest BCUT2D eigenvalue weighted by Gasteiger charge is -2.40. The van der Waals surface area contributed by atoms with E-state index in [1.165, 1.54) is 0 Å². The Labute approximate surface area is 88.6 Å². The van der Waals surface area contributed by atoms with Crippen molar-refractivity contribution in [2.24, 2.45) is 0 Å². The Kier molecular flexibility index (Phi) is 2.57. The van der Waals surface area contributed by atoms with Gasteiger partial charge in [0.25, 0.3) is 5.92 Å². The van der Waals surface area contributed by atoms with Gasteiger partial charge in [0, 0.05) is 31.8 Å². The van der Waals surface area contributed by atoms with Crippen LogP contribution in [0.1, 0.15) is 39.5 Å². The van der Waals surface area contributed by atoms with Crippen molar-refractivity contribution in [1.29, 1.82) is 0 Å². The Morgan fingerprint density at radius 1 is 1.33 bits per heavy atom. The SMILES string of the molecule is CC(N1C2CCC1CC(=O)C2)C(C)(F)F. The highest BCUT2D eigenvalue weighted by Gasteiger charge is 2.47. The molecule has 0 amide bonds. The van der Waals surface area contributed by atoms with Crippen LogP contribution in [-0.4, -0.2) is 34.7 Å². The molecule has 2 aliphatic heterocycles. The molecular weight excluding hydrogens is 200 g/mol. The molecule has 0 spiro atoms. The minimum absolute atomic E-state index is 0.0667. The van der Waals surface area contributed by atoms with E-state index >= 15 is 0 Å². The second kappa shape index (κ2) is 3.51. The third kappa shape index (κ3) is 1.92. The molecule has 2 heterocycles. The molecule has 2 nitrogen and oxygen atoms in total. The summed E-state index contributed by atoms with van der Waals surface area (Å²) in [5.41, 5.74) is 0. The van der Waals surface area contributed by atoms with Gasteiger partial charge in [-0.2, -0.15) is 0 Å². The fraction of sp³-hybridized carbons (Fsp3) is 0.909.